The molecule has 1 spiro atoms. The van der Waals surface area contributed by atoms with Crippen molar-refractivity contribution in [1.29, 1.82) is 0 Å². The van der Waals surface area contributed by atoms with Gasteiger partial charge in [-0.1, -0.05) is 36.2 Å². The van der Waals surface area contributed by atoms with E-state index in [1.807, 2.05) is 27.7 Å². The van der Waals surface area contributed by atoms with Crippen molar-refractivity contribution in [2.45, 2.75) is 82.1 Å². The van der Waals surface area contributed by atoms with Crippen molar-refractivity contribution in [3.05, 3.63) is 0 Å². The number of hydrogen-bond acceptors (Lipinski definition) is 6. The van der Waals surface area contributed by atoms with E-state index in [-0.39, 0.29) is 41.8 Å². The highest BCUT2D eigenvalue weighted by Gasteiger charge is 2.77. The summed E-state index contributed by atoms with van der Waals surface area (Å²) in [5.74, 6) is -2.68. The number of nitrogens with zero attached hydrogens (tertiary/aromatic N) is 1. The number of aliphatic hydroxyl groups is 1. The van der Waals surface area contributed by atoms with Gasteiger partial charge in [0.2, 0.25) is 11.8 Å². The molecule has 3 aliphatic heterocycles. The monoisotopic (exact) mass is 488 g/mol. The molecule has 0 aromatic heterocycles. The van der Waals surface area contributed by atoms with Crippen LogP contribution in [-0.4, -0.2) is 75.7 Å². The number of carbonyl (C=O) groups excluding carboxylic acids is 3. The summed E-state index contributed by atoms with van der Waals surface area (Å²) in [7, 11) is 0. The highest BCUT2D eigenvalue weighted by atomic mass is 79.9. The van der Waals surface area contributed by atoms with E-state index in [1.54, 1.807) is 6.92 Å². The van der Waals surface area contributed by atoms with E-state index in [1.165, 1.54) is 4.90 Å². The summed E-state index contributed by atoms with van der Waals surface area (Å²) in [6.45, 7) is 9.30. The minimum absolute atomic E-state index is 0.0264. The Labute approximate surface area is 186 Å². The summed E-state index contributed by atoms with van der Waals surface area (Å²) < 4.78 is 11.6. The fraction of sp³-hybridized carbons (Fsp3) is 0.857. The molecule has 0 saturated carbocycles. The second kappa shape index (κ2) is 8.74. The maximum Gasteiger partial charge on any atom is 0.312 e. The lowest BCUT2D eigenvalue weighted by atomic mass is 9.70. The van der Waals surface area contributed by atoms with Gasteiger partial charge >= 0.3 is 5.97 Å². The number of esters is 1. The lowest BCUT2D eigenvalue weighted by molar-refractivity contribution is -0.155. The number of hydrogen-bond donors (Lipinski definition) is 2. The fourth-order valence-corrected chi connectivity index (χ4v) is 6.35. The Morgan fingerprint density at radius 2 is 2.03 bits per heavy atom. The van der Waals surface area contributed by atoms with Gasteiger partial charge in [-0.25, -0.2) is 0 Å². The first-order valence-electron chi connectivity index (χ1n) is 10.9. The van der Waals surface area contributed by atoms with Crippen LogP contribution in [0.3, 0.4) is 0 Å². The zero-order chi connectivity index (χ0) is 22.4. The number of aliphatic hydroxyl groups excluding tert-OH is 1. The number of nitrogens with one attached hydrogen (secondary N) is 1. The Morgan fingerprint density at radius 3 is 2.57 bits per heavy atom. The second-order valence-electron chi connectivity index (χ2n) is 8.96. The molecule has 2 bridgehead atoms. The number of fused-ring (bicyclic) bond motifs is 1. The average molecular weight is 489 g/mol. The van der Waals surface area contributed by atoms with Gasteiger partial charge in [-0.15, -0.1) is 0 Å². The molecule has 8 atom stereocenters. The molecule has 9 heteroatoms. The van der Waals surface area contributed by atoms with Crippen LogP contribution < -0.4 is 5.32 Å². The maximum atomic E-state index is 13.8. The van der Waals surface area contributed by atoms with Crippen LogP contribution in [0.2, 0.25) is 0 Å². The highest BCUT2D eigenvalue weighted by molar-refractivity contribution is 9.09. The Bertz CT molecular complexity index is 703. The van der Waals surface area contributed by atoms with Crippen LogP contribution in [0, 0.1) is 17.8 Å². The lowest BCUT2D eigenvalue weighted by Crippen LogP contribution is -2.60. The van der Waals surface area contributed by atoms with Gasteiger partial charge in [0.15, 0.2) is 0 Å². The van der Waals surface area contributed by atoms with Crippen LogP contribution in [0.25, 0.3) is 0 Å². The molecule has 0 aromatic carbocycles. The van der Waals surface area contributed by atoms with Gasteiger partial charge in [0, 0.05) is 10.9 Å². The fourth-order valence-electron chi connectivity index (χ4n) is 5.41. The van der Waals surface area contributed by atoms with E-state index < -0.39 is 41.6 Å². The summed E-state index contributed by atoms with van der Waals surface area (Å²) in [5.41, 5.74) is -1.12. The van der Waals surface area contributed by atoms with E-state index >= 15 is 0 Å². The minimum Gasteiger partial charge on any atom is -0.466 e. The van der Waals surface area contributed by atoms with Crippen molar-refractivity contribution in [2.75, 3.05) is 13.2 Å². The molecule has 170 valence electrons. The van der Waals surface area contributed by atoms with Crippen LogP contribution in [0.4, 0.5) is 0 Å². The van der Waals surface area contributed by atoms with Crippen molar-refractivity contribution in [1.82, 2.24) is 10.2 Å². The standard InChI is InChI=1S/C21H33BrN2O6/c1-6-11(5)13(9-25)24-17(18(26)23-10(3)4)21-8-12(22)16(30-21)14(15(21)19(24)27)20(28)29-7-2/h10-17,25H,6-9H2,1-5H3,(H,23,26)/t11-,12?,13-,14-,15-,16-,17?,21?/m0/s1. The van der Waals surface area contributed by atoms with Crippen LogP contribution in [-0.2, 0) is 23.9 Å². The first-order chi connectivity index (χ1) is 14.1. The Morgan fingerprint density at radius 1 is 1.37 bits per heavy atom. The molecule has 3 aliphatic rings. The van der Waals surface area contributed by atoms with Gasteiger partial charge in [0.05, 0.1) is 37.2 Å². The number of likely N-dealkylation sites (tertiary alicyclic amines) is 1. The molecule has 2 N–H and O–H groups in total. The SMILES string of the molecule is CCOC(=O)[C@H]1[C@H]2C(=O)N([C@@H](CO)[C@@H](C)CC)C(C(=O)NC(C)C)C23CC(Br)[C@@H]1O3. The number of ether oxygens (including phenoxy) is 2. The first-order valence-corrected chi connectivity index (χ1v) is 11.8. The van der Waals surface area contributed by atoms with Gasteiger partial charge in [0.1, 0.15) is 11.6 Å². The summed E-state index contributed by atoms with van der Waals surface area (Å²) >= 11 is 3.61. The molecule has 3 rings (SSSR count). The quantitative estimate of drug-likeness (QED) is 0.393. The second-order valence-corrected chi connectivity index (χ2v) is 10.1. The van der Waals surface area contributed by atoms with Crippen LogP contribution in [0.5, 0.6) is 0 Å². The van der Waals surface area contributed by atoms with E-state index in [2.05, 4.69) is 21.2 Å². The molecule has 30 heavy (non-hydrogen) atoms. The Balaban J connectivity index is 2.10. The van der Waals surface area contributed by atoms with E-state index in [0.29, 0.717) is 6.42 Å². The molecule has 0 aliphatic carbocycles. The van der Waals surface area contributed by atoms with E-state index in [0.717, 1.165) is 6.42 Å². The van der Waals surface area contributed by atoms with Crippen LogP contribution in [0.15, 0.2) is 0 Å². The molecular weight excluding hydrogens is 456 g/mol. The third kappa shape index (κ3) is 3.46. The largest absolute Gasteiger partial charge is 0.466 e. The van der Waals surface area contributed by atoms with Gasteiger partial charge in [-0.3, -0.25) is 14.4 Å². The van der Waals surface area contributed by atoms with Gasteiger partial charge in [-0.2, -0.15) is 0 Å². The lowest BCUT2D eigenvalue weighted by Gasteiger charge is -2.39. The number of rotatable bonds is 8. The molecular formula is C21H33BrN2O6. The third-order valence-electron chi connectivity index (χ3n) is 6.81. The topological polar surface area (TPSA) is 105 Å². The summed E-state index contributed by atoms with van der Waals surface area (Å²) in [5, 5.41) is 13.1. The molecule has 3 saturated heterocycles. The number of halogens is 1. The molecule has 0 aromatic rings. The van der Waals surface area contributed by atoms with Gasteiger partial charge in [0.25, 0.3) is 0 Å². The van der Waals surface area contributed by atoms with E-state index in [9.17, 15) is 19.5 Å². The third-order valence-corrected chi connectivity index (χ3v) is 7.66. The zero-order valence-electron chi connectivity index (χ0n) is 18.3. The van der Waals surface area contributed by atoms with Crippen molar-refractivity contribution in [3.8, 4) is 0 Å². The molecule has 0 radical (unpaired) electrons. The summed E-state index contributed by atoms with van der Waals surface area (Å²) in [6.07, 6.45) is 0.650. The molecule has 3 unspecified atom stereocenters. The molecule has 8 nitrogen and oxygen atoms in total. The zero-order valence-corrected chi connectivity index (χ0v) is 19.8. The van der Waals surface area contributed by atoms with Crippen molar-refractivity contribution < 1.29 is 29.0 Å². The Hall–Kier alpha value is -1.19. The Kier molecular flexibility index (Phi) is 6.84. The van der Waals surface area contributed by atoms with Crippen molar-refractivity contribution in [3.63, 3.8) is 0 Å². The summed E-state index contributed by atoms with van der Waals surface area (Å²) in [6, 6.07) is -1.57. The van der Waals surface area contributed by atoms with E-state index in [4.69, 9.17) is 9.47 Å². The van der Waals surface area contributed by atoms with Crippen molar-refractivity contribution >= 4 is 33.7 Å². The number of amides is 2. The first kappa shape index (κ1) is 23.5. The maximum absolute atomic E-state index is 13.8. The average Bonchev–Trinajstić information content (AvgIpc) is 3.26. The normalized spacial score (nSPS) is 36.7. The van der Waals surface area contributed by atoms with Crippen molar-refractivity contribution in [2.24, 2.45) is 17.8 Å². The number of carbonyl (C=O) groups is 3. The molecule has 2 amide bonds. The highest BCUT2D eigenvalue weighted by Crippen LogP contribution is 2.60. The number of alkyl halides is 1. The van der Waals surface area contributed by atoms with Gasteiger partial charge in [-0.05, 0) is 33.1 Å². The molecule has 3 heterocycles. The molecule has 3 fully saturated rings. The predicted octanol–water partition coefficient (Wildman–Crippen LogP) is 1.23. The predicted molar refractivity (Wildman–Crippen MR) is 113 cm³/mol. The summed E-state index contributed by atoms with van der Waals surface area (Å²) in [4.78, 5) is 41.3. The minimum atomic E-state index is -1.12. The van der Waals surface area contributed by atoms with Gasteiger partial charge < -0.3 is 24.8 Å². The van der Waals surface area contributed by atoms with Crippen LogP contribution in [0.1, 0.15) is 47.5 Å². The smallest absolute Gasteiger partial charge is 0.312 e. The van der Waals surface area contributed by atoms with Crippen LogP contribution >= 0.6 is 15.9 Å².